The van der Waals surface area contributed by atoms with E-state index >= 15 is 0 Å². The second-order valence-electron chi connectivity index (χ2n) is 5.65. The summed E-state index contributed by atoms with van der Waals surface area (Å²) in [6, 6.07) is 0. The van der Waals surface area contributed by atoms with Gasteiger partial charge in [-0.25, -0.2) is 0 Å². The molecule has 1 aromatic heterocycles. The van der Waals surface area contributed by atoms with Crippen molar-refractivity contribution in [2.75, 3.05) is 16.0 Å². The number of rotatable bonds is 6. The molecule has 24 heavy (non-hydrogen) atoms. The van der Waals surface area contributed by atoms with Gasteiger partial charge >= 0.3 is 0 Å². The number of hydrogen-bond acceptors (Lipinski definition) is 6. The van der Waals surface area contributed by atoms with E-state index in [2.05, 4.69) is 49.1 Å². The molecule has 3 aliphatic carbocycles. The molecule has 6 heteroatoms. The molecule has 3 aliphatic rings. The second kappa shape index (κ2) is 6.54. The highest BCUT2D eigenvalue weighted by Crippen LogP contribution is 2.20. The third-order valence-corrected chi connectivity index (χ3v) is 3.77. The van der Waals surface area contributed by atoms with E-state index in [1.165, 1.54) is 0 Å². The number of nitrogens with zero attached hydrogens (tertiary/aromatic N) is 3. The van der Waals surface area contributed by atoms with Gasteiger partial charge in [0.1, 0.15) is 0 Å². The van der Waals surface area contributed by atoms with E-state index in [-0.39, 0.29) is 0 Å². The van der Waals surface area contributed by atoms with E-state index in [1.807, 2.05) is 36.5 Å². The predicted molar refractivity (Wildman–Crippen MR) is 96.2 cm³/mol. The number of aromatic nitrogens is 3. The quantitative estimate of drug-likeness (QED) is 0.743. The molecule has 0 atom stereocenters. The molecule has 0 aliphatic heterocycles. The van der Waals surface area contributed by atoms with Gasteiger partial charge in [-0.15, -0.1) is 0 Å². The van der Waals surface area contributed by atoms with Gasteiger partial charge in [-0.2, -0.15) is 15.0 Å². The summed E-state index contributed by atoms with van der Waals surface area (Å²) >= 11 is 0. The molecule has 120 valence electrons. The van der Waals surface area contributed by atoms with Gasteiger partial charge in [-0.1, -0.05) is 36.5 Å². The second-order valence-corrected chi connectivity index (χ2v) is 5.65. The number of allylic oxidation sites excluding steroid dienone is 9. The summed E-state index contributed by atoms with van der Waals surface area (Å²) in [6.45, 7) is 0. The van der Waals surface area contributed by atoms with Crippen LogP contribution in [0.25, 0.3) is 0 Å². The molecule has 3 N–H and O–H groups in total. The first kappa shape index (κ1) is 14.4. The van der Waals surface area contributed by atoms with Gasteiger partial charge in [-0.3, -0.25) is 0 Å². The lowest BCUT2D eigenvalue weighted by Crippen LogP contribution is -2.11. The molecule has 1 heterocycles. The summed E-state index contributed by atoms with van der Waals surface area (Å²) in [5, 5.41) is 9.77. The fraction of sp³-hybridized carbons (Fsp3) is 0.167. The third-order valence-electron chi connectivity index (χ3n) is 3.77. The topological polar surface area (TPSA) is 74.8 Å². The molecule has 6 nitrogen and oxygen atoms in total. The SMILES string of the molecule is C1=CCC(Nc2nc(NC3=CC=CC3)nc(NC3=CC=CC3)n2)=C1. The van der Waals surface area contributed by atoms with Gasteiger partial charge in [-0.05, 0) is 18.2 Å². The van der Waals surface area contributed by atoms with E-state index in [9.17, 15) is 0 Å². The van der Waals surface area contributed by atoms with Crippen LogP contribution in [0, 0.1) is 0 Å². The maximum absolute atomic E-state index is 4.48. The van der Waals surface area contributed by atoms with Crippen molar-refractivity contribution in [2.24, 2.45) is 0 Å². The van der Waals surface area contributed by atoms with Gasteiger partial charge in [0.25, 0.3) is 0 Å². The first-order chi connectivity index (χ1) is 11.8. The zero-order chi connectivity index (χ0) is 16.2. The van der Waals surface area contributed by atoms with Crippen LogP contribution in [0.4, 0.5) is 17.8 Å². The summed E-state index contributed by atoms with van der Waals surface area (Å²) in [5.74, 6) is 1.59. The van der Waals surface area contributed by atoms with Crippen molar-refractivity contribution in [1.82, 2.24) is 15.0 Å². The van der Waals surface area contributed by atoms with Crippen LogP contribution in [0.15, 0.2) is 71.8 Å². The number of anilines is 3. The molecule has 0 aromatic carbocycles. The Morgan fingerprint density at radius 3 is 1.12 bits per heavy atom. The predicted octanol–water partition coefficient (Wildman–Crippen LogP) is 3.64. The number of nitrogens with one attached hydrogen (secondary N) is 3. The Balaban J connectivity index is 1.56. The van der Waals surface area contributed by atoms with Crippen LogP contribution in [0.5, 0.6) is 0 Å². The fourth-order valence-corrected chi connectivity index (χ4v) is 2.59. The summed E-state index contributed by atoms with van der Waals surface area (Å²) in [5.41, 5.74) is 3.21. The zero-order valence-electron chi connectivity index (χ0n) is 13.2. The van der Waals surface area contributed by atoms with Crippen LogP contribution in [0.1, 0.15) is 19.3 Å². The maximum atomic E-state index is 4.48. The van der Waals surface area contributed by atoms with Crippen LogP contribution >= 0.6 is 0 Å². The molecule has 4 rings (SSSR count). The van der Waals surface area contributed by atoms with Crippen LogP contribution in [-0.4, -0.2) is 15.0 Å². The highest BCUT2D eigenvalue weighted by Gasteiger charge is 2.11. The normalized spacial score (nSPS) is 17.8. The van der Waals surface area contributed by atoms with Crippen molar-refractivity contribution >= 4 is 17.8 Å². The van der Waals surface area contributed by atoms with Gasteiger partial charge in [0.05, 0.1) is 0 Å². The molecule has 0 fully saturated rings. The Kier molecular flexibility index (Phi) is 3.93. The van der Waals surface area contributed by atoms with Crippen molar-refractivity contribution < 1.29 is 0 Å². The largest absolute Gasteiger partial charge is 0.327 e. The van der Waals surface area contributed by atoms with E-state index < -0.39 is 0 Å². The van der Waals surface area contributed by atoms with Crippen LogP contribution < -0.4 is 16.0 Å². The lowest BCUT2D eigenvalue weighted by molar-refractivity contribution is 1.02. The molecule has 0 bridgehead atoms. The molecular formula is C18H18N6. The average Bonchev–Trinajstić information content (AvgIpc) is 3.30. The Labute approximate surface area is 140 Å². The highest BCUT2D eigenvalue weighted by atomic mass is 15.3. The van der Waals surface area contributed by atoms with Crippen molar-refractivity contribution in [3.05, 3.63) is 71.8 Å². The van der Waals surface area contributed by atoms with E-state index in [0.717, 1.165) is 36.4 Å². The van der Waals surface area contributed by atoms with Gasteiger partial charge in [0.15, 0.2) is 0 Å². The molecular weight excluding hydrogens is 300 g/mol. The lowest BCUT2D eigenvalue weighted by atomic mass is 10.4. The summed E-state index contributed by atoms with van der Waals surface area (Å²) < 4.78 is 0. The molecule has 0 radical (unpaired) electrons. The van der Waals surface area contributed by atoms with E-state index in [1.54, 1.807) is 0 Å². The third kappa shape index (κ3) is 3.43. The Bertz CT molecular complexity index is 704. The zero-order valence-corrected chi connectivity index (χ0v) is 13.2. The van der Waals surface area contributed by atoms with Gasteiger partial charge in [0.2, 0.25) is 17.8 Å². The Hall–Kier alpha value is -3.15. The van der Waals surface area contributed by atoms with Crippen molar-refractivity contribution in [2.45, 2.75) is 19.3 Å². The first-order valence-corrected chi connectivity index (χ1v) is 7.99. The van der Waals surface area contributed by atoms with Crippen LogP contribution in [-0.2, 0) is 0 Å². The summed E-state index contributed by atoms with van der Waals surface area (Å²) in [6.07, 6.45) is 21.0. The van der Waals surface area contributed by atoms with Crippen LogP contribution in [0.3, 0.4) is 0 Å². The smallest absolute Gasteiger partial charge is 0.233 e. The molecule has 0 saturated heterocycles. The summed E-state index contributed by atoms with van der Waals surface area (Å²) in [7, 11) is 0. The monoisotopic (exact) mass is 318 g/mol. The Morgan fingerprint density at radius 1 is 0.542 bits per heavy atom. The lowest BCUT2D eigenvalue weighted by Gasteiger charge is -2.12. The average molecular weight is 318 g/mol. The molecule has 0 amide bonds. The maximum Gasteiger partial charge on any atom is 0.233 e. The highest BCUT2D eigenvalue weighted by molar-refractivity contribution is 5.51. The first-order valence-electron chi connectivity index (χ1n) is 7.99. The Morgan fingerprint density at radius 2 is 0.875 bits per heavy atom. The standard InChI is InChI=1S/C18H18N6/c1-2-8-13(7-1)19-16-22-17(20-14-9-3-4-10-14)24-18(23-16)21-15-11-5-6-12-15/h1-7,9,11H,8,10,12H2,(H3,19,20,21,22,23,24). The van der Waals surface area contributed by atoms with Crippen LogP contribution in [0.2, 0.25) is 0 Å². The summed E-state index contributed by atoms with van der Waals surface area (Å²) in [4.78, 5) is 13.4. The molecule has 0 saturated carbocycles. The van der Waals surface area contributed by atoms with Crippen molar-refractivity contribution in [1.29, 1.82) is 0 Å². The molecule has 0 unspecified atom stereocenters. The van der Waals surface area contributed by atoms with Gasteiger partial charge < -0.3 is 16.0 Å². The number of hydrogen-bond donors (Lipinski definition) is 3. The van der Waals surface area contributed by atoms with Crippen molar-refractivity contribution in [3.63, 3.8) is 0 Å². The fourth-order valence-electron chi connectivity index (χ4n) is 2.59. The minimum Gasteiger partial charge on any atom is -0.327 e. The molecule has 0 spiro atoms. The molecule has 1 aromatic rings. The minimum absolute atomic E-state index is 0.531. The van der Waals surface area contributed by atoms with E-state index in [0.29, 0.717) is 17.8 Å². The van der Waals surface area contributed by atoms with Crippen molar-refractivity contribution in [3.8, 4) is 0 Å². The van der Waals surface area contributed by atoms with E-state index in [4.69, 9.17) is 0 Å². The minimum atomic E-state index is 0.531. The van der Waals surface area contributed by atoms with Gasteiger partial charge in [0, 0.05) is 36.4 Å².